The van der Waals surface area contributed by atoms with Gasteiger partial charge in [0.25, 0.3) is 5.91 Å². The van der Waals surface area contributed by atoms with Crippen LogP contribution in [0.4, 0.5) is 0 Å². The predicted molar refractivity (Wildman–Crippen MR) is 139 cm³/mol. The van der Waals surface area contributed by atoms with Gasteiger partial charge in [0.2, 0.25) is 0 Å². The number of hydrogen-bond donors (Lipinski definition) is 1. The molecule has 34 heavy (non-hydrogen) atoms. The smallest absolute Gasteiger partial charge is 0.250 e. The fourth-order valence-corrected chi connectivity index (χ4v) is 4.17. The first-order chi connectivity index (χ1) is 16.5. The first-order valence-electron chi connectivity index (χ1n) is 10.4. The van der Waals surface area contributed by atoms with E-state index < -0.39 is 0 Å². The van der Waals surface area contributed by atoms with Gasteiger partial charge in [-0.2, -0.15) is 5.10 Å². The highest BCUT2D eigenvalue weighted by Crippen LogP contribution is 2.28. The molecule has 7 nitrogen and oxygen atoms in total. The van der Waals surface area contributed by atoms with Crippen molar-refractivity contribution in [2.45, 2.75) is 12.1 Å². The van der Waals surface area contributed by atoms with E-state index in [2.05, 4.69) is 36.7 Å². The van der Waals surface area contributed by atoms with Crippen LogP contribution in [0.1, 0.15) is 12.5 Å². The lowest BCUT2D eigenvalue weighted by atomic mass is 10.1. The number of aromatic nitrogens is 3. The van der Waals surface area contributed by atoms with Crippen LogP contribution in [-0.4, -0.2) is 39.2 Å². The lowest BCUT2D eigenvalue weighted by Crippen LogP contribution is -2.21. The van der Waals surface area contributed by atoms with Gasteiger partial charge in [0.1, 0.15) is 5.75 Å². The zero-order valence-electron chi connectivity index (χ0n) is 18.6. The molecule has 172 valence electrons. The highest BCUT2D eigenvalue weighted by Gasteiger charge is 2.17. The van der Waals surface area contributed by atoms with Crippen LogP contribution in [-0.2, 0) is 4.79 Å². The number of para-hydroxylation sites is 1. The van der Waals surface area contributed by atoms with E-state index in [1.807, 2.05) is 90.4 Å². The van der Waals surface area contributed by atoms with Crippen LogP contribution in [0, 0.1) is 0 Å². The van der Waals surface area contributed by atoms with Crippen LogP contribution in [0.15, 0.2) is 93.6 Å². The molecule has 1 amide bonds. The van der Waals surface area contributed by atoms with Crippen molar-refractivity contribution in [2.24, 2.45) is 5.10 Å². The van der Waals surface area contributed by atoms with Crippen LogP contribution in [0.25, 0.3) is 17.1 Å². The number of ether oxygens (including phenoxy) is 1. The largest absolute Gasteiger partial charge is 0.497 e. The summed E-state index contributed by atoms with van der Waals surface area (Å²) in [5.74, 6) is 1.38. The van der Waals surface area contributed by atoms with Crippen molar-refractivity contribution in [3.05, 3.63) is 88.9 Å². The first kappa shape index (κ1) is 23.7. The Hall–Kier alpha value is -3.43. The number of halogens is 1. The van der Waals surface area contributed by atoms with E-state index in [4.69, 9.17) is 4.74 Å². The highest BCUT2D eigenvalue weighted by atomic mass is 79.9. The van der Waals surface area contributed by atoms with Crippen LogP contribution in [0.2, 0.25) is 0 Å². The third-order valence-electron chi connectivity index (χ3n) is 4.94. The van der Waals surface area contributed by atoms with Crippen molar-refractivity contribution in [3.63, 3.8) is 0 Å². The summed E-state index contributed by atoms with van der Waals surface area (Å²) in [7, 11) is 1.62. The van der Waals surface area contributed by atoms with Gasteiger partial charge in [-0.25, -0.2) is 5.43 Å². The molecule has 1 aromatic heterocycles. The van der Waals surface area contributed by atoms with Gasteiger partial charge >= 0.3 is 0 Å². The molecule has 1 N–H and O–H groups in total. The Morgan fingerprint density at radius 2 is 1.74 bits per heavy atom. The Kier molecular flexibility index (Phi) is 7.76. The number of hydrazone groups is 1. The van der Waals surface area contributed by atoms with Crippen molar-refractivity contribution in [1.82, 2.24) is 20.2 Å². The maximum absolute atomic E-state index is 12.5. The summed E-state index contributed by atoms with van der Waals surface area (Å²) in [6.07, 6.45) is 0. The van der Waals surface area contributed by atoms with Gasteiger partial charge in [-0.15, -0.1) is 10.2 Å². The number of rotatable bonds is 8. The molecule has 0 radical (unpaired) electrons. The van der Waals surface area contributed by atoms with Crippen molar-refractivity contribution in [2.75, 3.05) is 12.9 Å². The van der Waals surface area contributed by atoms with E-state index in [1.165, 1.54) is 11.8 Å². The molecule has 0 aliphatic carbocycles. The Morgan fingerprint density at radius 1 is 1.03 bits per heavy atom. The number of carbonyl (C=O) groups excluding carboxylic acids is 1. The average Bonchev–Trinajstić information content (AvgIpc) is 3.31. The first-order valence-corrected chi connectivity index (χ1v) is 12.2. The summed E-state index contributed by atoms with van der Waals surface area (Å²) < 4.78 is 8.11. The van der Waals surface area contributed by atoms with Crippen LogP contribution >= 0.6 is 27.7 Å². The fourth-order valence-electron chi connectivity index (χ4n) is 3.16. The van der Waals surface area contributed by atoms with E-state index in [1.54, 1.807) is 7.11 Å². The second-order valence-electron chi connectivity index (χ2n) is 7.23. The standard InChI is InChI=1S/C25H22BrN5O2S/c1-17(18-10-14-22(33-2)15-11-18)27-28-23(32)16-34-25-30-29-24(19-8-12-20(26)13-9-19)31(25)21-6-4-3-5-7-21/h3-15H,16H2,1-2H3,(H,28,32)/b27-17-. The van der Waals surface area contributed by atoms with Crippen molar-refractivity contribution >= 4 is 39.3 Å². The quantitative estimate of drug-likeness (QED) is 0.187. The van der Waals surface area contributed by atoms with Gasteiger partial charge in [0.15, 0.2) is 11.0 Å². The van der Waals surface area contributed by atoms with Crippen LogP contribution < -0.4 is 10.2 Å². The minimum Gasteiger partial charge on any atom is -0.497 e. The average molecular weight is 536 g/mol. The molecule has 3 aromatic carbocycles. The van der Waals surface area contributed by atoms with E-state index in [0.717, 1.165) is 27.0 Å². The van der Waals surface area contributed by atoms with Crippen molar-refractivity contribution in [3.8, 4) is 22.8 Å². The summed E-state index contributed by atoms with van der Waals surface area (Å²) >= 11 is 4.77. The van der Waals surface area contributed by atoms with Crippen LogP contribution in [0.5, 0.6) is 5.75 Å². The Morgan fingerprint density at radius 3 is 2.41 bits per heavy atom. The van der Waals surface area contributed by atoms with Gasteiger partial charge in [0.05, 0.1) is 18.6 Å². The summed E-state index contributed by atoms with van der Waals surface area (Å²) in [4.78, 5) is 12.5. The minimum atomic E-state index is -0.231. The molecule has 0 fully saturated rings. The predicted octanol–water partition coefficient (Wildman–Crippen LogP) is 5.34. The van der Waals surface area contributed by atoms with E-state index >= 15 is 0 Å². The Balaban J connectivity index is 1.49. The molecule has 0 aliphatic rings. The van der Waals surface area contributed by atoms with Gasteiger partial charge < -0.3 is 4.74 Å². The zero-order chi connectivity index (χ0) is 23.9. The number of nitrogens with zero attached hydrogens (tertiary/aromatic N) is 4. The zero-order valence-corrected chi connectivity index (χ0v) is 21.0. The number of thioether (sulfide) groups is 1. The van der Waals surface area contributed by atoms with Gasteiger partial charge in [0, 0.05) is 15.7 Å². The molecule has 0 unspecified atom stereocenters. The molecule has 0 aliphatic heterocycles. The third-order valence-corrected chi connectivity index (χ3v) is 6.40. The van der Waals surface area contributed by atoms with Gasteiger partial charge in [-0.1, -0.05) is 58.0 Å². The molecule has 0 atom stereocenters. The molecular formula is C25H22BrN5O2S. The molecule has 4 rings (SSSR count). The molecule has 0 saturated carbocycles. The van der Waals surface area contributed by atoms with Gasteiger partial charge in [-0.3, -0.25) is 9.36 Å². The number of nitrogens with one attached hydrogen (secondary N) is 1. The summed E-state index contributed by atoms with van der Waals surface area (Å²) in [5, 5.41) is 13.6. The lowest BCUT2D eigenvalue weighted by Gasteiger charge is -2.10. The fraction of sp³-hybridized carbons (Fsp3) is 0.120. The maximum Gasteiger partial charge on any atom is 0.250 e. The lowest BCUT2D eigenvalue weighted by molar-refractivity contribution is -0.118. The number of hydrogen-bond acceptors (Lipinski definition) is 6. The van der Waals surface area contributed by atoms with E-state index in [-0.39, 0.29) is 11.7 Å². The summed E-state index contributed by atoms with van der Waals surface area (Å²) in [6, 6.07) is 25.2. The topological polar surface area (TPSA) is 81.4 Å². The number of amides is 1. The second kappa shape index (κ2) is 11.1. The molecule has 0 bridgehead atoms. The van der Waals surface area contributed by atoms with Crippen molar-refractivity contribution < 1.29 is 9.53 Å². The van der Waals surface area contributed by atoms with Crippen molar-refractivity contribution in [1.29, 1.82) is 0 Å². The highest BCUT2D eigenvalue weighted by molar-refractivity contribution is 9.10. The normalized spacial score (nSPS) is 11.3. The maximum atomic E-state index is 12.5. The number of carbonyl (C=O) groups is 1. The van der Waals surface area contributed by atoms with Crippen LogP contribution in [0.3, 0.4) is 0 Å². The summed E-state index contributed by atoms with van der Waals surface area (Å²) in [6.45, 7) is 1.84. The monoisotopic (exact) mass is 535 g/mol. The summed E-state index contributed by atoms with van der Waals surface area (Å²) in [5.41, 5.74) is 6.06. The molecule has 0 spiro atoms. The minimum absolute atomic E-state index is 0.144. The molecular weight excluding hydrogens is 514 g/mol. The number of methoxy groups -OCH3 is 1. The second-order valence-corrected chi connectivity index (χ2v) is 9.09. The van der Waals surface area contributed by atoms with E-state index in [9.17, 15) is 4.79 Å². The molecule has 9 heteroatoms. The number of benzene rings is 3. The SMILES string of the molecule is COc1ccc(/C(C)=N\NC(=O)CSc2nnc(-c3ccc(Br)cc3)n2-c2ccccc2)cc1. The van der Waals surface area contributed by atoms with Gasteiger partial charge in [-0.05, 0) is 61.0 Å². The molecule has 1 heterocycles. The molecule has 4 aromatic rings. The Labute approximate surface area is 210 Å². The van der Waals surface area contributed by atoms with E-state index in [0.29, 0.717) is 16.7 Å². The molecule has 0 saturated heterocycles. The Bertz CT molecular complexity index is 1290. The third kappa shape index (κ3) is 5.73.